The van der Waals surface area contributed by atoms with E-state index < -0.39 is 0 Å². The molecule has 1 unspecified atom stereocenters. The van der Waals surface area contributed by atoms with Crippen LogP contribution in [0.25, 0.3) is 0 Å². The molecule has 32 heavy (non-hydrogen) atoms. The highest BCUT2D eigenvalue weighted by molar-refractivity contribution is 5.76. The van der Waals surface area contributed by atoms with Gasteiger partial charge >= 0.3 is 0 Å². The highest BCUT2D eigenvalue weighted by Crippen LogP contribution is 2.28. The summed E-state index contributed by atoms with van der Waals surface area (Å²) in [7, 11) is 0. The van der Waals surface area contributed by atoms with Crippen LogP contribution in [0.5, 0.6) is 0 Å². The fourth-order valence-electron chi connectivity index (χ4n) is 4.96. The van der Waals surface area contributed by atoms with E-state index in [9.17, 15) is 4.79 Å². The van der Waals surface area contributed by atoms with E-state index in [0.29, 0.717) is 30.1 Å². The van der Waals surface area contributed by atoms with Gasteiger partial charge in [0.05, 0.1) is 11.9 Å². The van der Waals surface area contributed by atoms with Gasteiger partial charge in [-0.05, 0) is 83.3 Å². The molecule has 2 aliphatic rings. The molecule has 2 aromatic rings. The Balaban J connectivity index is 1.32. The summed E-state index contributed by atoms with van der Waals surface area (Å²) in [6.07, 6.45) is 6.98. The molecule has 7 heteroatoms. The van der Waals surface area contributed by atoms with E-state index in [1.807, 2.05) is 32.2 Å². The zero-order valence-corrected chi connectivity index (χ0v) is 19.7. The molecule has 2 fully saturated rings. The zero-order valence-electron chi connectivity index (χ0n) is 19.7. The standard InChI is InChI=1S/C25H36N6O/c1-4-30-12-9-20(10-13-30)15-24(32)31-11-5-6-21(17-31)23-8-7-22(16-26-23)29-25-27-18(2)14-19(3)28-25/h7-8,14,16,20-21H,4-6,9-13,15,17H2,1-3H3,(H,27,28,29). The first-order valence-corrected chi connectivity index (χ1v) is 12.1. The molecule has 0 saturated carbocycles. The molecule has 1 atom stereocenters. The SMILES string of the molecule is CCN1CCC(CC(=O)N2CCCC(c3ccc(Nc4nc(C)cc(C)n4)cn3)C2)CC1. The molecule has 4 rings (SSSR count). The maximum Gasteiger partial charge on any atom is 0.227 e. The fourth-order valence-corrected chi connectivity index (χ4v) is 4.96. The predicted molar refractivity (Wildman–Crippen MR) is 127 cm³/mol. The number of likely N-dealkylation sites (tertiary alicyclic amines) is 2. The Bertz CT molecular complexity index is 887. The highest BCUT2D eigenvalue weighted by Gasteiger charge is 2.28. The molecule has 1 N–H and O–H groups in total. The van der Waals surface area contributed by atoms with Crippen molar-refractivity contribution >= 4 is 17.5 Å². The molecule has 4 heterocycles. The van der Waals surface area contributed by atoms with Crippen LogP contribution in [0.2, 0.25) is 0 Å². The van der Waals surface area contributed by atoms with Crippen LogP contribution in [0.4, 0.5) is 11.6 Å². The highest BCUT2D eigenvalue weighted by atomic mass is 16.2. The summed E-state index contributed by atoms with van der Waals surface area (Å²) in [6, 6.07) is 6.06. The van der Waals surface area contributed by atoms with Gasteiger partial charge in [-0.15, -0.1) is 0 Å². The van der Waals surface area contributed by atoms with Crippen molar-refractivity contribution in [3.63, 3.8) is 0 Å². The van der Waals surface area contributed by atoms with Crippen LogP contribution >= 0.6 is 0 Å². The number of piperidine rings is 2. The van der Waals surface area contributed by atoms with Crippen molar-refractivity contribution in [1.29, 1.82) is 0 Å². The second kappa shape index (κ2) is 10.4. The van der Waals surface area contributed by atoms with Gasteiger partial charge in [0.25, 0.3) is 0 Å². The van der Waals surface area contributed by atoms with Crippen molar-refractivity contribution in [3.8, 4) is 0 Å². The summed E-state index contributed by atoms with van der Waals surface area (Å²) in [5.74, 6) is 1.77. The lowest BCUT2D eigenvalue weighted by Crippen LogP contribution is -2.41. The second-order valence-corrected chi connectivity index (χ2v) is 9.33. The van der Waals surface area contributed by atoms with Crippen LogP contribution in [0.3, 0.4) is 0 Å². The number of aromatic nitrogens is 3. The number of anilines is 2. The topological polar surface area (TPSA) is 74.2 Å². The van der Waals surface area contributed by atoms with E-state index in [-0.39, 0.29) is 0 Å². The summed E-state index contributed by atoms with van der Waals surface area (Å²) < 4.78 is 0. The normalized spacial score (nSPS) is 20.3. The van der Waals surface area contributed by atoms with Crippen molar-refractivity contribution in [3.05, 3.63) is 41.5 Å². The van der Waals surface area contributed by atoms with Crippen molar-refractivity contribution in [2.75, 3.05) is 38.0 Å². The Morgan fingerprint density at radius 1 is 1.09 bits per heavy atom. The van der Waals surface area contributed by atoms with Gasteiger partial charge < -0.3 is 15.1 Å². The predicted octanol–water partition coefficient (Wildman–Crippen LogP) is 4.06. The minimum absolute atomic E-state index is 0.307. The molecule has 172 valence electrons. The molecule has 0 bridgehead atoms. The van der Waals surface area contributed by atoms with Crippen LogP contribution in [-0.4, -0.2) is 63.4 Å². The smallest absolute Gasteiger partial charge is 0.227 e. The van der Waals surface area contributed by atoms with Crippen molar-refractivity contribution in [2.45, 2.75) is 58.8 Å². The molecular formula is C25H36N6O. The van der Waals surface area contributed by atoms with Gasteiger partial charge in [0, 0.05) is 42.5 Å². The molecular weight excluding hydrogens is 400 g/mol. The monoisotopic (exact) mass is 436 g/mol. The number of rotatable bonds is 6. The quantitative estimate of drug-likeness (QED) is 0.736. The third-order valence-electron chi connectivity index (χ3n) is 6.83. The number of carbonyl (C=O) groups excluding carboxylic acids is 1. The first-order chi connectivity index (χ1) is 15.5. The van der Waals surface area contributed by atoms with Gasteiger partial charge in [-0.3, -0.25) is 9.78 Å². The second-order valence-electron chi connectivity index (χ2n) is 9.33. The van der Waals surface area contributed by atoms with E-state index in [2.05, 4.69) is 38.1 Å². The average molecular weight is 437 g/mol. The van der Waals surface area contributed by atoms with Gasteiger partial charge in [-0.25, -0.2) is 9.97 Å². The Morgan fingerprint density at radius 3 is 2.50 bits per heavy atom. The maximum absolute atomic E-state index is 13.0. The molecule has 7 nitrogen and oxygen atoms in total. The average Bonchev–Trinajstić information content (AvgIpc) is 2.79. The third-order valence-corrected chi connectivity index (χ3v) is 6.83. The van der Waals surface area contributed by atoms with E-state index in [4.69, 9.17) is 4.98 Å². The number of nitrogens with zero attached hydrogens (tertiary/aromatic N) is 5. The third kappa shape index (κ3) is 5.82. The summed E-state index contributed by atoms with van der Waals surface area (Å²) in [5.41, 5.74) is 3.81. The number of nitrogens with one attached hydrogen (secondary N) is 1. The zero-order chi connectivity index (χ0) is 22.5. The first-order valence-electron chi connectivity index (χ1n) is 12.1. The number of carbonyl (C=O) groups is 1. The molecule has 2 aromatic heterocycles. The minimum atomic E-state index is 0.307. The van der Waals surface area contributed by atoms with E-state index in [1.165, 1.54) is 0 Å². The van der Waals surface area contributed by atoms with Crippen molar-refractivity contribution in [2.24, 2.45) is 5.92 Å². The molecule has 0 aromatic carbocycles. The van der Waals surface area contributed by atoms with Crippen molar-refractivity contribution < 1.29 is 4.79 Å². The summed E-state index contributed by atoms with van der Waals surface area (Å²) >= 11 is 0. The maximum atomic E-state index is 13.0. The molecule has 2 saturated heterocycles. The number of hydrogen-bond donors (Lipinski definition) is 1. The molecule has 2 aliphatic heterocycles. The van der Waals surface area contributed by atoms with Crippen LogP contribution in [0, 0.1) is 19.8 Å². The molecule has 0 aliphatic carbocycles. The van der Waals surface area contributed by atoms with E-state index in [0.717, 1.165) is 81.2 Å². The number of hydrogen-bond acceptors (Lipinski definition) is 6. The van der Waals surface area contributed by atoms with Gasteiger partial charge in [0.2, 0.25) is 11.9 Å². The van der Waals surface area contributed by atoms with Gasteiger partial charge in [0.1, 0.15) is 0 Å². The van der Waals surface area contributed by atoms with Gasteiger partial charge in [-0.1, -0.05) is 6.92 Å². The molecule has 0 spiro atoms. The number of amides is 1. The van der Waals surface area contributed by atoms with Crippen LogP contribution in [0.15, 0.2) is 24.4 Å². The lowest BCUT2D eigenvalue weighted by Gasteiger charge is -2.35. The summed E-state index contributed by atoms with van der Waals surface area (Å²) in [4.78, 5) is 31.1. The Labute approximate surface area is 191 Å². The minimum Gasteiger partial charge on any atom is -0.342 e. The molecule has 1 amide bonds. The Kier molecular flexibility index (Phi) is 7.35. The first kappa shape index (κ1) is 22.6. The van der Waals surface area contributed by atoms with E-state index in [1.54, 1.807) is 0 Å². The van der Waals surface area contributed by atoms with Crippen molar-refractivity contribution in [1.82, 2.24) is 24.8 Å². The van der Waals surface area contributed by atoms with Gasteiger partial charge in [0.15, 0.2) is 0 Å². The van der Waals surface area contributed by atoms with Crippen LogP contribution in [0.1, 0.15) is 62.0 Å². The largest absolute Gasteiger partial charge is 0.342 e. The van der Waals surface area contributed by atoms with E-state index >= 15 is 0 Å². The Hall–Kier alpha value is -2.54. The summed E-state index contributed by atoms with van der Waals surface area (Å²) in [6.45, 7) is 11.2. The Morgan fingerprint density at radius 2 is 1.84 bits per heavy atom. The lowest BCUT2D eigenvalue weighted by atomic mass is 9.91. The van der Waals surface area contributed by atoms with Crippen LogP contribution < -0.4 is 5.32 Å². The lowest BCUT2D eigenvalue weighted by molar-refractivity contribution is -0.133. The number of pyridine rings is 1. The van der Waals surface area contributed by atoms with Gasteiger partial charge in [-0.2, -0.15) is 0 Å². The number of aryl methyl sites for hydroxylation is 2. The van der Waals surface area contributed by atoms with Crippen LogP contribution in [-0.2, 0) is 4.79 Å². The fraction of sp³-hybridized carbons (Fsp3) is 0.600. The summed E-state index contributed by atoms with van der Waals surface area (Å²) in [5, 5.41) is 3.24. The molecule has 0 radical (unpaired) electrons.